The van der Waals surface area contributed by atoms with Crippen molar-refractivity contribution in [1.29, 1.82) is 0 Å². The van der Waals surface area contributed by atoms with Crippen LogP contribution in [0.4, 0.5) is 0 Å². The van der Waals surface area contributed by atoms with E-state index in [1.807, 2.05) is 27.7 Å². The summed E-state index contributed by atoms with van der Waals surface area (Å²) < 4.78 is 0. The Morgan fingerprint density at radius 1 is 0.519 bits per heavy atom. The quantitative estimate of drug-likeness (QED) is 0.0280. The molecule has 24 nitrogen and oxygen atoms in total. The van der Waals surface area contributed by atoms with Gasteiger partial charge in [-0.3, -0.25) is 43.2 Å². The second kappa shape index (κ2) is 38.2. The number of nitrogens with one attached hydrogen (secondary N) is 9. The first kappa shape index (κ1) is 71.5. The molecule has 1 aromatic carbocycles. The Labute approximate surface area is 475 Å². The number of aliphatic hydroxyl groups excluding tert-OH is 1. The van der Waals surface area contributed by atoms with Gasteiger partial charge in [0.25, 0.3) is 0 Å². The van der Waals surface area contributed by atoms with Crippen molar-refractivity contribution in [2.24, 2.45) is 35.0 Å². The maximum absolute atomic E-state index is 14.1. The minimum Gasteiger partial charge on any atom is -0.480 e. The molecule has 0 bridgehead atoms. The summed E-state index contributed by atoms with van der Waals surface area (Å²) in [7, 11) is 0. The summed E-state index contributed by atoms with van der Waals surface area (Å²) in [6.07, 6.45) is 3.12. The van der Waals surface area contributed by atoms with Crippen molar-refractivity contribution < 1.29 is 58.2 Å². The van der Waals surface area contributed by atoms with Crippen molar-refractivity contribution in [3.63, 3.8) is 0 Å². The van der Waals surface area contributed by atoms with Crippen LogP contribution < -0.4 is 65.1 Å². The first-order valence-electron chi connectivity index (χ1n) is 27.1. The fraction of sp³-hybridized carbons (Fsp3) is 0.698. The van der Waals surface area contributed by atoms with Gasteiger partial charge in [0.2, 0.25) is 53.2 Å². The van der Waals surface area contributed by atoms with Crippen LogP contribution in [0, 0.1) is 17.8 Å². The number of carbonyl (C=O) groups excluding carboxylic acids is 9. The summed E-state index contributed by atoms with van der Waals surface area (Å²) in [5.41, 5.74) is 18.0. The zero-order valence-electron chi connectivity index (χ0n) is 47.4. The van der Waals surface area contributed by atoms with Crippen LogP contribution in [0.1, 0.15) is 119 Å². The molecular weight excluding hydrogens is 1060 g/mol. The Kier molecular flexibility index (Phi) is 34.5. The minimum absolute atomic E-state index is 0.0416. The molecule has 79 heavy (non-hydrogen) atoms. The second-order valence-corrected chi connectivity index (χ2v) is 22.3. The van der Waals surface area contributed by atoms with E-state index < -0.39 is 132 Å². The van der Waals surface area contributed by atoms with Crippen LogP contribution >= 0.6 is 24.4 Å². The van der Waals surface area contributed by atoms with Crippen LogP contribution in [0.5, 0.6) is 0 Å². The molecule has 0 spiro atoms. The van der Waals surface area contributed by atoms with E-state index in [1.165, 1.54) is 25.6 Å². The molecule has 11 atom stereocenters. The molecule has 0 saturated heterocycles. The van der Waals surface area contributed by atoms with E-state index in [0.29, 0.717) is 50.0 Å². The van der Waals surface area contributed by atoms with Crippen molar-refractivity contribution >= 4 is 83.5 Å². The van der Waals surface area contributed by atoms with Gasteiger partial charge in [-0.2, -0.15) is 24.4 Å². The molecule has 0 heterocycles. The van der Waals surface area contributed by atoms with Crippen molar-refractivity contribution in [3.8, 4) is 0 Å². The van der Waals surface area contributed by atoms with Gasteiger partial charge >= 0.3 is 5.97 Å². The van der Waals surface area contributed by atoms with Gasteiger partial charge in [-0.25, -0.2) is 4.79 Å². The van der Waals surface area contributed by atoms with Gasteiger partial charge in [0.1, 0.15) is 54.4 Å². The minimum atomic E-state index is -1.58. The van der Waals surface area contributed by atoms with Crippen LogP contribution in [-0.2, 0) is 54.4 Å². The number of carboxylic acid groups (broad SMARTS) is 1. The van der Waals surface area contributed by atoms with Gasteiger partial charge in [-0.05, 0) is 114 Å². The second-order valence-electron chi connectivity index (χ2n) is 21.0. The highest BCUT2D eigenvalue weighted by molar-refractivity contribution is 7.98. The zero-order valence-corrected chi connectivity index (χ0v) is 49.1. The lowest BCUT2D eigenvalue weighted by molar-refractivity contribution is -0.143. The van der Waals surface area contributed by atoms with Gasteiger partial charge in [0.15, 0.2) is 0 Å². The predicted molar refractivity (Wildman–Crippen MR) is 307 cm³/mol. The third kappa shape index (κ3) is 27.5. The molecule has 0 aliphatic rings. The standard InChI is InChI=1S/C53H92N12O12S2/c1-29(2)25-38(48(71)62-40(53(76)77)26-30(3)4)60-49(72)39(27-34-17-11-10-12-18-34)61-50(73)41(28-78)63-46(69)36(20-14-16-23-55)59-47(70)37(21-24-79-9)58-44(67)32(7)57-52(75)43(33(8)66)65-51(74)42(31(5)6)64-45(68)35(56)19-13-15-22-54/h10-12,17-18,29-33,35-43,66,78H,13-16,19-28,54-56H2,1-9H3,(H,57,75)(H,58,67)(H,59,70)(H,60,72)(H,61,73)(H,62,71)(H,63,69)(H,64,68)(H,65,74)(H,76,77)/t32-,33+,35-,36-,37-,38-,39-,40+,41-,42-,43-/m0/s1. The van der Waals surface area contributed by atoms with Crippen LogP contribution in [-0.4, -0.2) is 167 Å². The summed E-state index contributed by atoms with van der Waals surface area (Å²) in [6, 6.07) is -3.79. The molecule has 0 aliphatic heterocycles. The highest BCUT2D eigenvalue weighted by Gasteiger charge is 2.36. The number of hydrogen-bond acceptors (Lipinski definition) is 16. The SMILES string of the molecule is CSCC[C@H](NC(=O)[C@H](C)NC(=O)[C@@H](NC(=O)[C@@H](NC(=O)[C@@H](N)CCCCN)C(C)C)[C@@H](C)O)C(=O)N[C@@H](CCCCN)C(=O)N[C@@H](CS)C(=O)N[C@@H](Cc1ccccc1)C(=O)N[C@@H](CC(C)C)C(=O)N[C@H](CC(C)C)C(=O)O. The molecule has 0 fully saturated rings. The number of thiol groups is 1. The maximum Gasteiger partial charge on any atom is 0.326 e. The van der Waals surface area contributed by atoms with E-state index in [2.05, 4.69) is 60.5 Å². The Morgan fingerprint density at radius 3 is 1.48 bits per heavy atom. The molecule has 448 valence electrons. The number of amides is 9. The summed E-state index contributed by atoms with van der Waals surface area (Å²) in [5.74, 6) is -8.73. The lowest BCUT2D eigenvalue weighted by atomic mass is 9.99. The number of nitrogens with two attached hydrogens (primary N) is 3. The van der Waals surface area contributed by atoms with Gasteiger partial charge in [-0.15, -0.1) is 0 Å². The molecule has 9 amide bonds. The van der Waals surface area contributed by atoms with E-state index in [-0.39, 0.29) is 56.2 Å². The Hall–Kier alpha value is -5.54. The summed E-state index contributed by atoms with van der Waals surface area (Å²) >= 11 is 5.71. The van der Waals surface area contributed by atoms with Crippen LogP contribution in [0.2, 0.25) is 0 Å². The molecule has 0 aliphatic carbocycles. The largest absolute Gasteiger partial charge is 0.480 e. The molecule has 1 aromatic rings. The molecule has 0 radical (unpaired) electrons. The van der Waals surface area contributed by atoms with Gasteiger partial charge < -0.3 is 75.3 Å². The van der Waals surface area contributed by atoms with Crippen LogP contribution in [0.25, 0.3) is 0 Å². The van der Waals surface area contributed by atoms with Crippen LogP contribution in [0.15, 0.2) is 30.3 Å². The Bertz CT molecular complexity index is 2110. The number of hydrogen-bond donors (Lipinski definition) is 15. The molecule has 17 N–H and O–H groups in total. The van der Waals surface area contributed by atoms with E-state index in [9.17, 15) is 58.2 Å². The number of carboxylic acids is 1. The summed E-state index contributed by atoms with van der Waals surface area (Å²) in [4.78, 5) is 136. The number of aliphatic hydroxyl groups is 1. The molecule has 26 heteroatoms. The molecule has 1 rings (SSSR count). The fourth-order valence-electron chi connectivity index (χ4n) is 8.03. The zero-order chi connectivity index (χ0) is 59.9. The Morgan fingerprint density at radius 2 is 0.962 bits per heavy atom. The average molecular weight is 1150 g/mol. The maximum atomic E-state index is 14.1. The van der Waals surface area contributed by atoms with E-state index in [4.69, 9.17) is 17.2 Å². The molecular formula is C53H92N12O12S2. The molecule has 0 saturated carbocycles. The highest BCUT2D eigenvalue weighted by Crippen LogP contribution is 2.13. The third-order valence-corrected chi connectivity index (χ3v) is 13.6. The first-order valence-corrected chi connectivity index (χ1v) is 29.2. The van der Waals surface area contributed by atoms with Crippen molar-refractivity contribution in [3.05, 3.63) is 35.9 Å². The third-order valence-electron chi connectivity index (χ3n) is 12.6. The van der Waals surface area contributed by atoms with Crippen molar-refractivity contribution in [2.75, 3.05) is 30.9 Å². The smallest absolute Gasteiger partial charge is 0.326 e. The van der Waals surface area contributed by atoms with E-state index in [1.54, 1.807) is 50.4 Å². The van der Waals surface area contributed by atoms with E-state index in [0.717, 1.165) is 0 Å². The fourth-order valence-corrected chi connectivity index (χ4v) is 8.75. The van der Waals surface area contributed by atoms with Gasteiger partial charge in [0, 0.05) is 12.2 Å². The van der Waals surface area contributed by atoms with Gasteiger partial charge in [-0.1, -0.05) is 78.3 Å². The number of benzene rings is 1. The number of thioether (sulfide) groups is 1. The first-order chi connectivity index (χ1) is 37.2. The average Bonchev–Trinajstić information content (AvgIpc) is 3.38. The lowest BCUT2D eigenvalue weighted by Gasteiger charge is -2.28. The number of unbranched alkanes of at least 4 members (excludes halogenated alkanes) is 2. The topological polar surface area (TPSA) is 397 Å². The molecule has 0 aromatic heterocycles. The van der Waals surface area contributed by atoms with Crippen LogP contribution in [0.3, 0.4) is 0 Å². The summed E-state index contributed by atoms with van der Waals surface area (Å²) in [6.45, 7) is 13.9. The Balaban J connectivity index is 3.35. The summed E-state index contributed by atoms with van der Waals surface area (Å²) in [5, 5.41) is 43.8. The number of carbonyl (C=O) groups is 10. The normalized spacial score (nSPS) is 15.6. The number of aliphatic carboxylic acids is 1. The lowest BCUT2D eigenvalue weighted by Crippen LogP contribution is -2.62. The molecule has 0 unspecified atom stereocenters. The predicted octanol–water partition coefficient (Wildman–Crippen LogP) is -0.906. The monoisotopic (exact) mass is 1150 g/mol. The number of rotatable bonds is 39. The van der Waals surface area contributed by atoms with E-state index >= 15 is 0 Å². The van der Waals surface area contributed by atoms with Crippen molar-refractivity contribution in [2.45, 2.75) is 186 Å². The van der Waals surface area contributed by atoms with Crippen molar-refractivity contribution in [1.82, 2.24) is 47.9 Å². The highest BCUT2D eigenvalue weighted by atomic mass is 32.2. The van der Waals surface area contributed by atoms with Gasteiger partial charge in [0.05, 0.1) is 12.1 Å².